The van der Waals surface area contributed by atoms with Gasteiger partial charge >= 0.3 is 0 Å². The standard InChI is InChI=1S/C25H27FN2O2S/c1-15-13-20(30-11-10-26)21(18-7-5-17(6-8-18)16(2)14-28(3)4)22-19-9-12-31-24(19)25(29)27-23(15)22/h5-9,12-13,16H,10-11,14H2,1-4H3,(H,27,29)/t16-/m0/s1. The van der Waals surface area contributed by atoms with Gasteiger partial charge < -0.3 is 14.6 Å². The Morgan fingerprint density at radius 1 is 1.19 bits per heavy atom. The van der Waals surface area contributed by atoms with Gasteiger partial charge in [-0.25, -0.2) is 4.39 Å². The van der Waals surface area contributed by atoms with E-state index in [1.807, 2.05) is 24.4 Å². The molecule has 2 aromatic heterocycles. The van der Waals surface area contributed by atoms with Crippen molar-refractivity contribution in [3.05, 3.63) is 63.3 Å². The van der Waals surface area contributed by atoms with Crippen molar-refractivity contribution in [3.8, 4) is 16.9 Å². The van der Waals surface area contributed by atoms with Crippen molar-refractivity contribution in [2.45, 2.75) is 19.8 Å². The first kappa shape index (κ1) is 21.5. The van der Waals surface area contributed by atoms with Crippen LogP contribution >= 0.6 is 11.3 Å². The number of thiophene rings is 1. The van der Waals surface area contributed by atoms with Crippen molar-refractivity contribution < 1.29 is 9.13 Å². The number of alkyl halides is 1. The number of aryl methyl sites for hydroxylation is 1. The van der Waals surface area contributed by atoms with E-state index < -0.39 is 6.67 Å². The molecule has 0 bridgehead atoms. The molecule has 1 atom stereocenters. The summed E-state index contributed by atoms with van der Waals surface area (Å²) >= 11 is 1.43. The average molecular weight is 439 g/mol. The van der Waals surface area contributed by atoms with Gasteiger partial charge in [0.15, 0.2) is 0 Å². The van der Waals surface area contributed by atoms with Crippen LogP contribution in [-0.4, -0.2) is 43.8 Å². The fourth-order valence-electron chi connectivity index (χ4n) is 4.25. The van der Waals surface area contributed by atoms with Crippen LogP contribution in [0.4, 0.5) is 4.39 Å². The number of benzene rings is 2. The third-order valence-corrected chi connectivity index (χ3v) is 6.52. The van der Waals surface area contributed by atoms with Crippen LogP contribution in [0.2, 0.25) is 0 Å². The molecule has 31 heavy (non-hydrogen) atoms. The molecule has 4 aromatic rings. The Balaban J connectivity index is 1.96. The van der Waals surface area contributed by atoms with Crippen molar-refractivity contribution in [1.29, 1.82) is 0 Å². The molecule has 162 valence electrons. The van der Waals surface area contributed by atoms with Gasteiger partial charge in [0.1, 0.15) is 23.7 Å². The Labute approximate surface area is 185 Å². The minimum atomic E-state index is -0.559. The molecule has 0 aliphatic rings. The van der Waals surface area contributed by atoms with Gasteiger partial charge in [-0.2, -0.15) is 0 Å². The number of likely N-dealkylation sites (N-methyl/N-ethyl adjacent to an activating group) is 1. The summed E-state index contributed by atoms with van der Waals surface area (Å²) in [5, 5.41) is 3.77. The molecule has 2 heterocycles. The molecule has 0 aliphatic heterocycles. The predicted molar refractivity (Wildman–Crippen MR) is 129 cm³/mol. The van der Waals surface area contributed by atoms with E-state index in [1.165, 1.54) is 16.9 Å². The van der Waals surface area contributed by atoms with Crippen molar-refractivity contribution >= 4 is 32.3 Å². The monoisotopic (exact) mass is 438 g/mol. The van der Waals surface area contributed by atoms with Gasteiger partial charge in [0.25, 0.3) is 5.56 Å². The molecule has 0 spiro atoms. The second-order valence-electron chi connectivity index (χ2n) is 8.26. The summed E-state index contributed by atoms with van der Waals surface area (Å²) in [6.07, 6.45) is 0. The molecule has 0 unspecified atom stereocenters. The van der Waals surface area contributed by atoms with E-state index in [1.54, 1.807) is 0 Å². The minimum Gasteiger partial charge on any atom is -0.490 e. The summed E-state index contributed by atoms with van der Waals surface area (Å²) in [4.78, 5) is 17.8. The highest BCUT2D eigenvalue weighted by Gasteiger charge is 2.19. The van der Waals surface area contributed by atoms with Crippen LogP contribution in [0.5, 0.6) is 5.75 Å². The van der Waals surface area contributed by atoms with E-state index in [-0.39, 0.29) is 12.2 Å². The molecule has 0 amide bonds. The second kappa shape index (κ2) is 8.81. The molecule has 1 N–H and O–H groups in total. The molecule has 0 saturated heterocycles. The molecule has 2 aromatic carbocycles. The Morgan fingerprint density at radius 3 is 2.61 bits per heavy atom. The molecular weight excluding hydrogens is 411 g/mol. The molecular formula is C25H27FN2O2S. The largest absolute Gasteiger partial charge is 0.490 e. The Kier molecular flexibility index (Phi) is 6.12. The number of pyridine rings is 1. The maximum Gasteiger partial charge on any atom is 0.266 e. The summed E-state index contributed by atoms with van der Waals surface area (Å²) in [7, 11) is 4.15. The molecule has 0 aliphatic carbocycles. The summed E-state index contributed by atoms with van der Waals surface area (Å²) < 4.78 is 19.5. The van der Waals surface area contributed by atoms with Crippen molar-refractivity contribution in [2.24, 2.45) is 0 Å². The van der Waals surface area contributed by atoms with Gasteiger partial charge in [-0.3, -0.25) is 4.79 Å². The lowest BCUT2D eigenvalue weighted by molar-refractivity contribution is 0.274. The smallest absolute Gasteiger partial charge is 0.266 e. The Hall–Kier alpha value is -2.70. The minimum absolute atomic E-state index is 0.00790. The van der Waals surface area contributed by atoms with Crippen LogP contribution in [0.25, 0.3) is 32.1 Å². The van der Waals surface area contributed by atoms with Crippen molar-refractivity contribution in [2.75, 3.05) is 33.9 Å². The number of hydrogen-bond donors (Lipinski definition) is 1. The van der Waals surface area contributed by atoms with Crippen molar-refractivity contribution in [3.63, 3.8) is 0 Å². The third kappa shape index (κ3) is 4.10. The second-order valence-corrected chi connectivity index (χ2v) is 9.17. The van der Waals surface area contributed by atoms with E-state index >= 15 is 0 Å². The Bertz CT molecular complexity index is 1270. The van der Waals surface area contributed by atoms with Crippen LogP contribution in [0.1, 0.15) is 24.0 Å². The molecule has 0 fully saturated rings. The molecule has 4 nitrogen and oxygen atoms in total. The van der Waals surface area contributed by atoms with Gasteiger partial charge in [-0.1, -0.05) is 31.2 Å². The zero-order valence-corrected chi connectivity index (χ0v) is 19.1. The number of halogens is 1. The van der Waals surface area contributed by atoms with Crippen LogP contribution in [0, 0.1) is 6.92 Å². The number of nitrogens with zero attached hydrogens (tertiary/aromatic N) is 1. The number of H-pyrrole nitrogens is 1. The van der Waals surface area contributed by atoms with Gasteiger partial charge in [-0.05, 0) is 61.1 Å². The first-order valence-electron chi connectivity index (χ1n) is 10.4. The third-order valence-electron chi connectivity index (χ3n) is 5.61. The number of aromatic amines is 1. The van der Waals surface area contributed by atoms with Gasteiger partial charge in [0.05, 0.1) is 5.52 Å². The van der Waals surface area contributed by atoms with E-state index in [2.05, 4.69) is 55.2 Å². The fourth-order valence-corrected chi connectivity index (χ4v) is 5.04. The van der Waals surface area contributed by atoms with Crippen LogP contribution in [0.15, 0.2) is 46.6 Å². The van der Waals surface area contributed by atoms with Gasteiger partial charge in [-0.15, -0.1) is 11.3 Å². The lowest BCUT2D eigenvalue weighted by Crippen LogP contribution is -2.18. The highest BCUT2D eigenvalue weighted by atomic mass is 32.1. The lowest BCUT2D eigenvalue weighted by Gasteiger charge is -2.19. The molecule has 0 radical (unpaired) electrons. The van der Waals surface area contributed by atoms with E-state index in [0.717, 1.165) is 39.5 Å². The van der Waals surface area contributed by atoms with Crippen LogP contribution in [-0.2, 0) is 0 Å². The summed E-state index contributed by atoms with van der Waals surface area (Å²) in [6.45, 7) is 4.55. The number of ether oxygens (including phenoxy) is 1. The van der Waals surface area contributed by atoms with Crippen LogP contribution in [0.3, 0.4) is 0 Å². The molecule has 0 saturated carbocycles. The van der Waals surface area contributed by atoms with Gasteiger partial charge in [0.2, 0.25) is 0 Å². The average Bonchev–Trinajstić information content (AvgIpc) is 3.23. The maximum atomic E-state index is 13.0. The molecule has 6 heteroatoms. The van der Waals surface area contributed by atoms with E-state index in [0.29, 0.717) is 16.4 Å². The van der Waals surface area contributed by atoms with E-state index in [4.69, 9.17) is 4.74 Å². The van der Waals surface area contributed by atoms with Crippen LogP contribution < -0.4 is 10.3 Å². The number of fused-ring (bicyclic) bond motifs is 3. The number of hydrogen-bond acceptors (Lipinski definition) is 4. The highest BCUT2D eigenvalue weighted by molar-refractivity contribution is 7.17. The zero-order valence-electron chi connectivity index (χ0n) is 18.3. The fraction of sp³-hybridized carbons (Fsp3) is 0.320. The summed E-state index contributed by atoms with van der Waals surface area (Å²) in [6, 6.07) is 12.3. The molecule has 4 rings (SSSR count). The SMILES string of the molecule is Cc1cc(OCCF)c(-c2ccc([C@@H](C)CN(C)C)cc2)c2c1[nH]c(=O)c1sccc12. The quantitative estimate of drug-likeness (QED) is 0.401. The number of nitrogens with one attached hydrogen (secondary N) is 1. The highest BCUT2D eigenvalue weighted by Crippen LogP contribution is 2.42. The predicted octanol–water partition coefficient (Wildman–Crippen LogP) is 5.73. The summed E-state index contributed by atoms with van der Waals surface area (Å²) in [5.41, 5.74) is 4.74. The first-order chi connectivity index (χ1) is 14.9. The maximum absolute atomic E-state index is 13.0. The lowest BCUT2D eigenvalue weighted by atomic mass is 9.92. The normalized spacial score (nSPS) is 12.7. The number of rotatable bonds is 7. The first-order valence-corrected chi connectivity index (χ1v) is 11.3. The zero-order chi connectivity index (χ0) is 22.1. The van der Waals surface area contributed by atoms with E-state index in [9.17, 15) is 9.18 Å². The number of aromatic nitrogens is 1. The summed E-state index contributed by atoms with van der Waals surface area (Å²) in [5.74, 6) is 1.04. The topological polar surface area (TPSA) is 45.3 Å². The van der Waals surface area contributed by atoms with Gasteiger partial charge in [0, 0.05) is 22.9 Å². The van der Waals surface area contributed by atoms with Crippen molar-refractivity contribution in [1.82, 2.24) is 9.88 Å². The Morgan fingerprint density at radius 2 is 1.94 bits per heavy atom.